The van der Waals surface area contributed by atoms with Crippen LogP contribution < -0.4 is 5.32 Å². The first-order valence-corrected chi connectivity index (χ1v) is 9.53. The van der Waals surface area contributed by atoms with Crippen molar-refractivity contribution in [2.45, 2.75) is 13.5 Å². The number of aryl methyl sites for hydroxylation is 1. The van der Waals surface area contributed by atoms with E-state index in [1.165, 1.54) is 16.9 Å². The lowest BCUT2D eigenvalue weighted by Crippen LogP contribution is -2.21. The van der Waals surface area contributed by atoms with Gasteiger partial charge in [-0.05, 0) is 30.7 Å². The second kappa shape index (κ2) is 9.26. The number of amides is 1. The molecule has 3 aromatic rings. The Hall–Kier alpha value is -2.61. The number of hydrogen-bond acceptors (Lipinski definition) is 5. The van der Waals surface area contributed by atoms with Gasteiger partial charge in [0.05, 0.1) is 17.3 Å². The number of carbonyl (C=O) groups is 2. The van der Waals surface area contributed by atoms with Crippen molar-refractivity contribution in [3.8, 4) is 0 Å². The summed E-state index contributed by atoms with van der Waals surface area (Å²) in [4.78, 5) is 28.3. The number of aromatic nitrogens is 3. The monoisotopic (exact) mass is 452 g/mol. The summed E-state index contributed by atoms with van der Waals surface area (Å²) < 4.78 is 6.52. The van der Waals surface area contributed by atoms with Crippen LogP contribution >= 0.6 is 34.8 Å². The third kappa shape index (κ3) is 5.26. The van der Waals surface area contributed by atoms with Crippen molar-refractivity contribution >= 4 is 52.5 Å². The Morgan fingerprint density at radius 2 is 1.90 bits per heavy atom. The number of pyridine rings is 1. The maximum atomic E-state index is 12.4. The summed E-state index contributed by atoms with van der Waals surface area (Å²) in [6.45, 7) is 1.41. The lowest BCUT2D eigenvalue weighted by molar-refractivity contribution is -0.119. The SMILES string of the molecule is Cc1nn(Cc2ccccc2Cl)c(Cl)c1C(=O)OCC(=O)Nc1ccc(Cl)cn1. The highest BCUT2D eigenvalue weighted by Crippen LogP contribution is 2.24. The Morgan fingerprint density at radius 1 is 1.14 bits per heavy atom. The lowest BCUT2D eigenvalue weighted by atomic mass is 10.2. The Labute approximate surface area is 181 Å². The van der Waals surface area contributed by atoms with E-state index >= 15 is 0 Å². The molecule has 2 aromatic heterocycles. The number of esters is 1. The van der Waals surface area contributed by atoms with E-state index in [1.54, 1.807) is 19.1 Å². The lowest BCUT2D eigenvalue weighted by Gasteiger charge is -2.07. The van der Waals surface area contributed by atoms with Crippen LogP contribution in [0.3, 0.4) is 0 Å². The minimum atomic E-state index is -0.753. The zero-order chi connectivity index (χ0) is 21.0. The molecule has 0 aliphatic rings. The average molecular weight is 454 g/mol. The molecule has 0 fully saturated rings. The quantitative estimate of drug-likeness (QED) is 0.559. The largest absolute Gasteiger partial charge is 0.452 e. The Morgan fingerprint density at radius 3 is 2.59 bits per heavy atom. The van der Waals surface area contributed by atoms with Gasteiger partial charge in [-0.3, -0.25) is 4.79 Å². The molecule has 0 saturated carbocycles. The van der Waals surface area contributed by atoms with Gasteiger partial charge in [-0.2, -0.15) is 5.10 Å². The van der Waals surface area contributed by atoms with Crippen molar-refractivity contribution in [1.82, 2.24) is 14.8 Å². The maximum Gasteiger partial charge on any atom is 0.343 e. The molecule has 2 heterocycles. The molecule has 0 bridgehead atoms. The highest BCUT2D eigenvalue weighted by Gasteiger charge is 2.23. The van der Waals surface area contributed by atoms with E-state index in [0.29, 0.717) is 15.7 Å². The van der Waals surface area contributed by atoms with E-state index in [2.05, 4.69) is 15.4 Å². The molecule has 29 heavy (non-hydrogen) atoms. The van der Waals surface area contributed by atoms with Crippen LogP contribution in [0.5, 0.6) is 0 Å². The van der Waals surface area contributed by atoms with Gasteiger partial charge in [0.15, 0.2) is 6.61 Å². The van der Waals surface area contributed by atoms with Gasteiger partial charge < -0.3 is 10.1 Å². The van der Waals surface area contributed by atoms with Crippen LogP contribution in [0.4, 0.5) is 5.82 Å². The second-order valence-corrected chi connectivity index (χ2v) is 7.19. The van der Waals surface area contributed by atoms with Gasteiger partial charge >= 0.3 is 5.97 Å². The van der Waals surface area contributed by atoms with Crippen LogP contribution in [0.2, 0.25) is 15.2 Å². The number of ether oxygens (including phenoxy) is 1. The van der Waals surface area contributed by atoms with Gasteiger partial charge in [0.1, 0.15) is 16.5 Å². The Balaban J connectivity index is 1.65. The zero-order valence-electron chi connectivity index (χ0n) is 15.2. The molecule has 7 nitrogen and oxygen atoms in total. The van der Waals surface area contributed by atoms with Crippen molar-refractivity contribution in [3.05, 3.63) is 74.6 Å². The number of anilines is 1. The summed E-state index contributed by atoms with van der Waals surface area (Å²) in [5, 5.41) is 7.87. The van der Waals surface area contributed by atoms with Crippen LogP contribution in [0.25, 0.3) is 0 Å². The fourth-order valence-electron chi connectivity index (χ4n) is 2.51. The molecular formula is C19H15Cl3N4O3. The fourth-order valence-corrected chi connectivity index (χ4v) is 3.13. The summed E-state index contributed by atoms with van der Waals surface area (Å²) in [6, 6.07) is 10.4. The van der Waals surface area contributed by atoms with E-state index in [4.69, 9.17) is 39.5 Å². The number of benzene rings is 1. The van der Waals surface area contributed by atoms with E-state index in [-0.39, 0.29) is 23.1 Å². The number of halogens is 3. The van der Waals surface area contributed by atoms with Crippen molar-refractivity contribution in [3.63, 3.8) is 0 Å². The Kier molecular flexibility index (Phi) is 6.74. The zero-order valence-corrected chi connectivity index (χ0v) is 17.4. The van der Waals surface area contributed by atoms with Crippen LogP contribution in [-0.4, -0.2) is 33.2 Å². The number of nitrogens with one attached hydrogen (secondary N) is 1. The minimum absolute atomic E-state index is 0.0936. The number of carbonyl (C=O) groups excluding carboxylic acids is 2. The first-order valence-electron chi connectivity index (χ1n) is 8.40. The molecule has 3 rings (SSSR count). The topological polar surface area (TPSA) is 86.1 Å². The van der Waals surface area contributed by atoms with Crippen LogP contribution in [-0.2, 0) is 16.1 Å². The third-order valence-electron chi connectivity index (χ3n) is 3.88. The van der Waals surface area contributed by atoms with Crippen molar-refractivity contribution < 1.29 is 14.3 Å². The smallest absolute Gasteiger partial charge is 0.343 e. The first kappa shape index (κ1) is 21.1. The molecule has 0 spiro atoms. The van der Waals surface area contributed by atoms with Gasteiger partial charge in [0.25, 0.3) is 5.91 Å². The minimum Gasteiger partial charge on any atom is -0.452 e. The summed E-state index contributed by atoms with van der Waals surface area (Å²) in [7, 11) is 0. The van der Waals surface area contributed by atoms with Crippen molar-refractivity contribution in [2.24, 2.45) is 0 Å². The highest BCUT2D eigenvalue weighted by molar-refractivity contribution is 6.33. The Bertz CT molecular complexity index is 1050. The summed E-state index contributed by atoms with van der Waals surface area (Å²) >= 11 is 18.2. The first-order chi connectivity index (χ1) is 13.8. The van der Waals surface area contributed by atoms with Gasteiger partial charge in [0.2, 0.25) is 0 Å². The molecule has 10 heteroatoms. The van der Waals surface area contributed by atoms with Gasteiger partial charge in [-0.15, -0.1) is 0 Å². The number of nitrogens with zero attached hydrogens (tertiary/aromatic N) is 3. The molecule has 0 unspecified atom stereocenters. The molecule has 150 valence electrons. The summed E-state index contributed by atoms with van der Waals surface area (Å²) in [5.41, 5.74) is 1.27. The third-order valence-corrected chi connectivity index (χ3v) is 4.85. The molecular weight excluding hydrogens is 439 g/mol. The number of hydrogen-bond donors (Lipinski definition) is 1. The molecule has 0 radical (unpaired) electrons. The predicted octanol–water partition coefficient (Wildman–Crippen LogP) is 4.39. The molecule has 0 atom stereocenters. The maximum absolute atomic E-state index is 12.4. The van der Waals surface area contributed by atoms with Crippen molar-refractivity contribution in [1.29, 1.82) is 0 Å². The predicted molar refractivity (Wildman–Crippen MR) is 111 cm³/mol. The molecule has 0 saturated heterocycles. The van der Waals surface area contributed by atoms with Gasteiger partial charge in [-0.1, -0.05) is 53.0 Å². The standard InChI is InChI=1S/C19H15Cl3N4O3/c1-11-17(18(22)26(25-11)9-12-4-2-3-5-14(12)21)19(28)29-10-16(27)24-15-7-6-13(20)8-23-15/h2-8H,9-10H2,1H3,(H,23,24,27). The molecule has 0 aliphatic heterocycles. The highest BCUT2D eigenvalue weighted by atomic mass is 35.5. The van der Waals surface area contributed by atoms with E-state index in [0.717, 1.165) is 5.56 Å². The normalized spacial score (nSPS) is 10.6. The van der Waals surface area contributed by atoms with Gasteiger partial charge in [0, 0.05) is 11.2 Å². The van der Waals surface area contributed by atoms with E-state index in [9.17, 15) is 9.59 Å². The van der Waals surface area contributed by atoms with E-state index in [1.807, 2.05) is 18.2 Å². The molecule has 1 amide bonds. The van der Waals surface area contributed by atoms with Crippen LogP contribution in [0.15, 0.2) is 42.6 Å². The molecule has 0 aliphatic carbocycles. The molecule has 1 aromatic carbocycles. The molecule has 1 N–H and O–H groups in total. The summed E-state index contributed by atoms with van der Waals surface area (Å²) in [5.74, 6) is -1.01. The van der Waals surface area contributed by atoms with Crippen LogP contribution in [0.1, 0.15) is 21.6 Å². The van der Waals surface area contributed by atoms with Crippen molar-refractivity contribution in [2.75, 3.05) is 11.9 Å². The van der Waals surface area contributed by atoms with Crippen LogP contribution in [0, 0.1) is 6.92 Å². The van der Waals surface area contributed by atoms with Gasteiger partial charge in [-0.25, -0.2) is 14.5 Å². The average Bonchev–Trinajstić information content (AvgIpc) is 2.97. The fraction of sp³-hybridized carbons (Fsp3) is 0.158. The number of rotatable bonds is 6. The summed E-state index contributed by atoms with van der Waals surface area (Å²) in [6.07, 6.45) is 1.39. The van der Waals surface area contributed by atoms with E-state index < -0.39 is 18.5 Å². The second-order valence-electron chi connectivity index (χ2n) is 5.99.